The van der Waals surface area contributed by atoms with E-state index in [4.69, 9.17) is 6.57 Å². The summed E-state index contributed by atoms with van der Waals surface area (Å²) in [5.74, 6) is 0. The summed E-state index contributed by atoms with van der Waals surface area (Å²) in [5, 5.41) is 0. The standard InChI is InChI=1S/C8H4F3N/c1-12-7-5-3-2-4-6(7)8(9,10)11/h2-5H. The van der Waals surface area contributed by atoms with Crippen LogP contribution in [0.4, 0.5) is 18.9 Å². The molecule has 12 heavy (non-hydrogen) atoms. The van der Waals surface area contributed by atoms with E-state index in [-0.39, 0.29) is 5.69 Å². The molecule has 1 nitrogen and oxygen atoms in total. The molecule has 0 aliphatic heterocycles. The molecule has 62 valence electrons. The summed E-state index contributed by atoms with van der Waals surface area (Å²) in [7, 11) is 0. The van der Waals surface area contributed by atoms with Gasteiger partial charge in [-0.2, -0.15) is 13.2 Å². The summed E-state index contributed by atoms with van der Waals surface area (Å²) in [6, 6.07) is 4.71. The van der Waals surface area contributed by atoms with E-state index in [9.17, 15) is 13.2 Å². The topological polar surface area (TPSA) is 4.36 Å². The summed E-state index contributed by atoms with van der Waals surface area (Å²) in [5.41, 5.74) is -1.23. The van der Waals surface area contributed by atoms with Gasteiger partial charge in [0.2, 0.25) is 0 Å². The highest BCUT2D eigenvalue weighted by Gasteiger charge is 2.32. The molecule has 1 aromatic carbocycles. The third kappa shape index (κ3) is 1.56. The minimum Gasteiger partial charge on any atom is -0.238 e. The van der Waals surface area contributed by atoms with E-state index in [0.29, 0.717) is 0 Å². The molecular weight excluding hydrogens is 167 g/mol. The molecule has 0 N–H and O–H groups in total. The van der Waals surface area contributed by atoms with Gasteiger partial charge in [0.1, 0.15) is 0 Å². The van der Waals surface area contributed by atoms with E-state index in [0.717, 1.165) is 12.1 Å². The number of alkyl halides is 3. The predicted molar refractivity (Wildman–Crippen MR) is 37.7 cm³/mol. The van der Waals surface area contributed by atoms with Crippen LogP contribution in [0, 0.1) is 6.57 Å². The van der Waals surface area contributed by atoms with Crippen molar-refractivity contribution in [1.29, 1.82) is 0 Å². The van der Waals surface area contributed by atoms with Crippen LogP contribution in [0.3, 0.4) is 0 Å². The zero-order chi connectivity index (χ0) is 9.19. The molecule has 0 heterocycles. The highest BCUT2D eigenvalue weighted by atomic mass is 19.4. The number of para-hydroxylation sites is 1. The molecule has 0 fully saturated rings. The van der Waals surface area contributed by atoms with E-state index in [2.05, 4.69) is 4.85 Å². The van der Waals surface area contributed by atoms with Crippen molar-refractivity contribution in [2.24, 2.45) is 0 Å². The lowest BCUT2D eigenvalue weighted by molar-refractivity contribution is -0.136. The van der Waals surface area contributed by atoms with Gasteiger partial charge in [0.05, 0.1) is 12.1 Å². The van der Waals surface area contributed by atoms with Crippen LogP contribution >= 0.6 is 0 Å². The minimum atomic E-state index is -4.43. The summed E-state index contributed by atoms with van der Waals surface area (Å²) in [6.07, 6.45) is -4.43. The fraction of sp³-hybridized carbons (Fsp3) is 0.125. The van der Waals surface area contributed by atoms with Crippen molar-refractivity contribution in [3.05, 3.63) is 41.2 Å². The van der Waals surface area contributed by atoms with E-state index >= 15 is 0 Å². The number of rotatable bonds is 0. The Morgan fingerprint density at radius 2 is 1.75 bits per heavy atom. The van der Waals surface area contributed by atoms with E-state index in [1.807, 2.05) is 0 Å². The summed E-state index contributed by atoms with van der Waals surface area (Å²) >= 11 is 0. The predicted octanol–water partition coefficient (Wildman–Crippen LogP) is 3.26. The van der Waals surface area contributed by atoms with Crippen molar-refractivity contribution in [3.63, 3.8) is 0 Å². The molecular formula is C8H4F3N. The van der Waals surface area contributed by atoms with Crippen molar-refractivity contribution in [2.75, 3.05) is 0 Å². The first-order valence-electron chi connectivity index (χ1n) is 3.09. The molecule has 0 bridgehead atoms. The lowest BCUT2D eigenvalue weighted by atomic mass is 10.2. The largest absolute Gasteiger partial charge is 0.407 e. The molecule has 0 saturated heterocycles. The third-order valence-electron chi connectivity index (χ3n) is 1.33. The number of hydrogen-bond donors (Lipinski definition) is 0. The molecule has 0 aromatic heterocycles. The first-order valence-corrected chi connectivity index (χ1v) is 3.09. The normalized spacial score (nSPS) is 10.8. The fourth-order valence-corrected chi connectivity index (χ4v) is 0.811. The smallest absolute Gasteiger partial charge is 0.238 e. The van der Waals surface area contributed by atoms with E-state index in [1.54, 1.807) is 0 Å². The highest BCUT2D eigenvalue weighted by molar-refractivity contribution is 5.53. The van der Waals surface area contributed by atoms with E-state index in [1.165, 1.54) is 12.1 Å². The summed E-state index contributed by atoms with van der Waals surface area (Å²) < 4.78 is 36.3. The lowest BCUT2D eigenvalue weighted by Gasteiger charge is -2.07. The number of nitrogens with zero attached hydrogens (tertiary/aromatic N) is 1. The Hall–Kier alpha value is -1.50. The summed E-state index contributed by atoms with van der Waals surface area (Å²) in [4.78, 5) is 2.77. The van der Waals surface area contributed by atoms with Gasteiger partial charge in [-0.25, -0.2) is 4.85 Å². The van der Waals surface area contributed by atoms with Crippen LogP contribution in [0.25, 0.3) is 4.85 Å². The van der Waals surface area contributed by atoms with Crippen molar-refractivity contribution in [1.82, 2.24) is 0 Å². The van der Waals surface area contributed by atoms with Crippen LogP contribution in [0.2, 0.25) is 0 Å². The molecule has 0 spiro atoms. The van der Waals surface area contributed by atoms with Gasteiger partial charge < -0.3 is 0 Å². The van der Waals surface area contributed by atoms with Crippen LogP contribution in [0.5, 0.6) is 0 Å². The average Bonchev–Trinajstić information content (AvgIpc) is 2.03. The maximum Gasteiger partial charge on any atom is 0.407 e. The quantitative estimate of drug-likeness (QED) is 0.527. The van der Waals surface area contributed by atoms with Crippen LogP contribution in [-0.2, 0) is 6.18 Å². The monoisotopic (exact) mass is 171 g/mol. The first kappa shape index (κ1) is 8.60. The van der Waals surface area contributed by atoms with Gasteiger partial charge >= 0.3 is 6.18 Å². The van der Waals surface area contributed by atoms with Gasteiger partial charge in [0.25, 0.3) is 0 Å². The van der Waals surface area contributed by atoms with Crippen molar-refractivity contribution in [2.45, 2.75) is 6.18 Å². The van der Waals surface area contributed by atoms with Crippen LogP contribution in [0.15, 0.2) is 24.3 Å². The second-order valence-corrected chi connectivity index (χ2v) is 2.13. The molecule has 1 rings (SSSR count). The van der Waals surface area contributed by atoms with Crippen LogP contribution in [0.1, 0.15) is 5.56 Å². The maximum atomic E-state index is 12.1. The zero-order valence-electron chi connectivity index (χ0n) is 5.89. The Bertz CT molecular complexity index is 322. The Morgan fingerprint density at radius 3 is 2.17 bits per heavy atom. The lowest BCUT2D eigenvalue weighted by Crippen LogP contribution is -2.04. The van der Waals surface area contributed by atoms with Crippen molar-refractivity contribution >= 4 is 5.69 Å². The van der Waals surface area contributed by atoms with Gasteiger partial charge in [0.15, 0.2) is 5.69 Å². The van der Waals surface area contributed by atoms with Crippen molar-refractivity contribution in [3.8, 4) is 0 Å². The molecule has 0 unspecified atom stereocenters. The second kappa shape index (κ2) is 2.86. The minimum absolute atomic E-state index is 0.356. The van der Waals surface area contributed by atoms with Gasteiger partial charge in [-0.05, 0) is 0 Å². The molecule has 0 amide bonds. The molecule has 4 heteroatoms. The number of benzene rings is 1. The molecule has 1 aromatic rings. The number of halogens is 3. The fourth-order valence-electron chi connectivity index (χ4n) is 0.811. The Kier molecular flexibility index (Phi) is 2.05. The average molecular weight is 171 g/mol. The second-order valence-electron chi connectivity index (χ2n) is 2.13. The van der Waals surface area contributed by atoms with Gasteiger partial charge in [-0.1, -0.05) is 24.3 Å². The zero-order valence-corrected chi connectivity index (χ0v) is 5.89. The van der Waals surface area contributed by atoms with Gasteiger partial charge in [-0.15, -0.1) is 0 Å². The van der Waals surface area contributed by atoms with Crippen molar-refractivity contribution < 1.29 is 13.2 Å². The van der Waals surface area contributed by atoms with Crippen LogP contribution < -0.4 is 0 Å². The summed E-state index contributed by atoms with van der Waals surface area (Å²) in [6.45, 7) is 6.49. The molecule has 0 aliphatic rings. The molecule has 0 radical (unpaired) electrons. The number of hydrogen-bond acceptors (Lipinski definition) is 0. The Morgan fingerprint density at radius 1 is 1.17 bits per heavy atom. The molecule has 0 saturated carbocycles. The molecule has 0 atom stereocenters. The third-order valence-corrected chi connectivity index (χ3v) is 1.33. The van der Waals surface area contributed by atoms with E-state index < -0.39 is 11.7 Å². The Balaban J connectivity index is 3.26. The van der Waals surface area contributed by atoms with Gasteiger partial charge in [-0.3, -0.25) is 0 Å². The Labute approximate surface area is 67.3 Å². The maximum absolute atomic E-state index is 12.1. The van der Waals surface area contributed by atoms with Gasteiger partial charge in [0, 0.05) is 0 Å². The SMILES string of the molecule is [C-]#[N+]c1ccccc1C(F)(F)F. The first-order chi connectivity index (χ1) is 5.55. The van der Waals surface area contributed by atoms with Crippen LogP contribution in [-0.4, -0.2) is 0 Å². The molecule has 0 aliphatic carbocycles. The highest BCUT2D eigenvalue weighted by Crippen LogP contribution is 2.35.